The van der Waals surface area contributed by atoms with Gasteiger partial charge in [-0.2, -0.15) is 5.10 Å². The molecule has 2 aromatic rings. The molecule has 0 aliphatic rings. The van der Waals surface area contributed by atoms with E-state index in [-0.39, 0.29) is 6.17 Å². The van der Waals surface area contributed by atoms with E-state index in [2.05, 4.69) is 49.3 Å². The minimum atomic E-state index is -0.193. The fraction of sp³-hybridized carbons (Fsp3) is 0.438. The SMILES string of the molecule is CCCCc1ccccc1C(N)n1nc(C)cc1C. The third-order valence-electron chi connectivity index (χ3n) is 3.48. The lowest BCUT2D eigenvalue weighted by atomic mass is 10.0. The Bertz CT molecular complexity index is 543. The highest BCUT2D eigenvalue weighted by atomic mass is 15.3. The molecule has 0 bridgehead atoms. The van der Waals surface area contributed by atoms with Crippen LogP contribution in [-0.4, -0.2) is 9.78 Å². The Labute approximate surface area is 115 Å². The van der Waals surface area contributed by atoms with Gasteiger partial charge in [-0.1, -0.05) is 37.6 Å². The van der Waals surface area contributed by atoms with Gasteiger partial charge in [0.1, 0.15) is 6.17 Å². The van der Waals surface area contributed by atoms with E-state index in [1.807, 2.05) is 11.6 Å². The lowest BCUT2D eigenvalue weighted by Gasteiger charge is -2.18. The zero-order chi connectivity index (χ0) is 13.8. The normalized spacial score (nSPS) is 12.6. The average Bonchev–Trinajstić information content (AvgIpc) is 2.75. The molecule has 19 heavy (non-hydrogen) atoms. The molecule has 1 heterocycles. The van der Waals surface area contributed by atoms with Crippen LogP contribution in [0.5, 0.6) is 0 Å². The largest absolute Gasteiger partial charge is 0.306 e. The third-order valence-corrected chi connectivity index (χ3v) is 3.48. The Morgan fingerprint density at radius 3 is 2.63 bits per heavy atom. The van der Waals surface area contributed by atoms with Crippen LogP contribution in [0.25, 0.3) is 0 Å². The first-order valence-corrected chi connectivity index (χ1v) is 6.99. The first-order valence-electron chi connectivity index (χ1n) is 6.99. The van der Waals surface area contributed by atoms with Gasteiger partial charge in [0.2, 0.25) is 0 Å². The molecule has 0 amide bonds. The van der Waals surface area contributed by atoms with Crippen molar-refractivity contribution in [3.8, 4) is 0 Å². The summed E-state index contributed by atoms with van der Waals surface area (Å²) >= 11 is 0. The molecular weight excluding hydrogens is 234 g/mol. The number of hydrogen-bond acceptors (Lipinski definition) is 2. The Balaban J connectivity index is 2.32. The summed E-state index contributed by atoms with van der Waals surface area (Å²) in [6.07, 6.45) is 3.28. The second-order valence-electron chi connectivity index (χ2n) is 5.12. The van der Waals surface area contributed by atoms with Crippen LogP contribution in [0.15, 0.2) is 30.3 Å². The quantitative estimate of drug-likeness (QED) is 0.892. The number of aromatic nitrogens is 2. The van der Waals surface area contributed by atoms with Gasteiger partial charge in [0.05, 0.1) is 5.69 Å². The molecule has 0 spiro atoms. The van der Waals surface area contributed by atoms with Crippen LogP contribution in [0, 0.1) is 13.8 Å². The average molecular weight is 257 g/mol. The molecule has 0 fully saturated rings. The lowest BCUT2D eigenvalue weighted by Crippen LogP contribution is -2.23. The Morgan fingerprint density at radius 1 is 1.26 bits per heavy atom. The molecule has 102 valence electrons. The molecule has 0 saturated carbocycles. The third kappa shape index (κ3) is 3.04. The monoisotopic (exact) mass is 257 g/mol. The van der Waals surface area contributed by atoms with Crippen LogP contribution >= 0.6 is 0 Å². The molecule has 1 aromatic heterocycles. The summed E-state index contributed by atoms with van der Waals surface area (Å²) in [4.78, 5) is 0. The molecule has 3 heteroatoms. The van der Waals surface area contributed by atoms with Crippen molar-refractivity contribution in [3.05, 3.63) is 52.8 Å². The highest BCUT2D eigenvalue weighted by Gasteiger charge is 2.15. The van der Waals surface area contributed by atoms with Gasteiger partial charge in [-0.15, -0.1) is 0 Å². The van der Waals surface area contributed by atoms with Crippen molar-refractivity contribution in [2.45, 2.75) is 46.2 Å². The topological polar surface area (TPSA) is 43.8 Å². The second-order valence-corrected chi connectivity index (χ2v) is 5.12. The molecule has 2 N–H and O–H groups in total. The molecule has 1 unspecified atom stereocenters. The summed E-state index contributed by atoms with van der Waals surface area (Å²) in [7, 11) is 0. The fourth-order valence-electron chi connectivity index (χ4n) is 2.48. The van der Waals surface area contributed by atoms with E-state index < -0.39 is 0 Å². The summed E-state index contributed by atoms with van der Waals surface area (Å²) in [5.41, 5.74) is 11.0. The minimum Gasteiger partial charge on any atom is -0.306 e. The van der Waals surface area contributed by atoms with Gasteiger partial charge in [-0.25, -0.2) is 4.68 Å². The Kier molecular flexibility index (Phi) is 4.38. The van der Waals surface area contributed by atoms with Gasteiger partial charge in [0, 0.05) is 5.69 Å². The number of hydrogen-bond donors (Lipinski definition) is 1. The van der Waals surface area contributed by atoms with E-state index in [0.717, 1.165) is 17.8 Å². The van der Waals surface area contributed by atoms with Crippen LogP contribution in [0.1, 0.15) is 48.4 Å². The van der Waals surface area contributed by atoms with Gasteiger partial charge in [0.15, 0.2) is 0 Å². The molecule has 2 rings (SSSR count). The number of nitrogens with zero attached hydrogens (tertiary/aromatic N) is 2. The minimum absolute atomic E-state index is 0.193. The van der Waals surface area contributed by atoms with E-state index in [0.29, 0.717) is 0 Å². The van der Waals surface area contributed by atoms with Crippen LogP contribution in [-0.2, 0) is 6.42 Å². The molecule has 1 aromatic carbocycles. The number of unbranched alkanes of at least 4 members (excludes halogenated alkanes) is 1. The number of aryl methyl sites for hydroxylation is 3. The number of benzene rings is 1. The summed E-state index contributed by atoms with van der Waals surface area (Å²) in [5, 5.41) is 4.50. The van der Waals surface area contributed by atoms with Crippen molar-refractivity contribution in [1.29, 1.82) is 0 Å². The Morgan fingerprint density at radius 2 is 2.00 bits per heavy atom. The van der Waals surface area contributed by atoms with E-state index >= 15 is 0 Å². The van der Waals surface area contributed by atoms with Crippen molar-refractivity contribution < 1.29 is 0 Å². The maximum Gasteiger partial charge on any atom is 0.125 e. The first kappa shape index (κ1) is 13.8. The number of rotatable bonds is 5. The van der Waals surface area contributed by atoms with Crippen LogP contribution in [0.2, 0.25) is 0 Å². The van der Waals surface area contributed by atoms with Gasteiger partial charge in [-0.3, -0.25) is 0 Å². The van der Waals surface area contributed by atoms with E-state index in [1.54, 1.807) is 0 Å². The molecule has 1 atom stereocenters. The predicted octanol–water partition coefficient (Wildman–Crippen LogP) is 3.35. The summed E-state index contributed by atoms with van der Waals surface area (Å²) < 4.78 is 1.92. The number of nitrogens with two attached hydrogens (primary N) is 1. The van der Waals surface area contributed by atoms with Gasteiger partial charge >= 0.3 is 0 Å². The summed E-state index contributed by atoms with van der Waals surface area (Å²) in [6, 6.07) is 10.5. The fourth-order valence-corrected chi connectivity index (χ4v) is 2.48. The van der Waals surface area contributed by atoms with E-state index in [4.69, 9.17) is 5.73 Å². The standard InChI is InChI=1S/C16H23N3/c1-4-5-8-14-9-6-7-10-15(14)16(17)19-13(3)11-12(2)18-19/h6-7,9-11,16H,4-5,8,17H2,1-3H3. The van der Waals surface area contributed by atoms with Crippen LogP contribution < -0.4 is 5.73 Å². The molecule has 3 nitrogen and oxygen atoms in total. The Hall–Kier alpha value is -1.61. The molecule has 0 saturated heterocycles. The zero-order valence-electron chi connectivity index (χ0n) is 12.1. The second kappa shape index (κ2) is 6.02. The zero-order valence-corrected chi connectivity index (χ0v) is 12.1. The smallest absolute Gasteiger partial charge is 0.125 e. The molecule has 0 aliphatic carbocycles. The van der Waals surface area contributed by atoms with Gasteiger partial charge < -0.3 is 5.73 Å². The van der Waals surface area contributed by atoms with Gasteiger partial charge in [0.25, 0.3) is 0 Å². The van der Waals surface area contributed by atoms with E-state index in [9.17, 15) is 0 Å². The van der Waals surface area contributed by atoms with Crippen molar-refractivity contribution in [2.75, 3.05) is 0 Å². The summed E-state index contributed by atoms with van der Waals surface area (Å²) in [5.74, 6) is 0. The van der Waals surface area contributed by atoms with Crippen LogP contribution in [0.4, 0.5) is 0 Å². The van der Waals surface area contributed by atoms with Crippen molar-refractivity contribution in [3.63, 3.8) is 0 Å². The first-order chi connectivity index (χ1) is 9.13. The maximum absolute atomic E-state index is 6.40. The highest BCUT2D eigenvalue weighted by Crippen LogP contribution is 2.21. The van der Waals surface area contributed by atoms with Crippen molar-refractivity contribution in [2.24, 2.45) is 5.73 Å². The maximum atomic E-state index is 6.40. The van der Waals surface area contributed by atoms with Crippen molar-refractivity contribution in [1.82, 2.24) is 9.78 Å². The van der Waals surface area contributed by atoms with Crippen molar-refractivity contribution >= 4 is 0 Å². The summed E-state index contributed by atoms with van der Waals surface area (Å²) in [6.45, 7) is 6.26. The molecule has 0 radical (unpaired) electrons. The van der Waals surface area contributed by atoms with Gasteiger partial charge in [-0.05, 0) is 43.9 Å². The predicted molar refractivity (Wildman–Crippen MR) is 79.1 cm³/mol. The van der Waals surface area contributed by atoms with E-state index in [1.165, 1.54) is 24.0 Å². The highest BCUT2D eigenvalue weighted by molar-refractivity contribution is 5.30. The molecular formula is C16H23N3. The van der Waals surface area contributed by atoms with Crippen LogP contribution in [0.3, 0.4) is 0 Å². The molecule has 0 aliphatic heterocycles. The lowest BCUT2D eigenvalue weighted by molar-refractivity contribution is 0.520.